The molecule has 3 heterocycles. The van der Waals surface area contributed by atoms with Crippen LogP contribution >= 0.6 is 0 Å². The first-order chi connectivity index (χ1) is 12.6. The minimum absolute atomic E-state index is 0.118. The first kappa shape index (κ1) is 17.5. The number of amides is 2. The fraction of sp³-hybridized carbons (Fsp3) is 0.600. The molecule has 3 fully saturated rings. The Morgan fingerprint density at radius 3 is 2.35 bits per heavy atom. The van der Waals surface area contributed by atoms with Gasteiger partial charge < -0.3 is 14.5 Å². The molecule has 0 saturated carbocycles. The molecule has 1 unspecified atom stereocenters. The molecule has 0 bridgehead atoms. The van der Waals surface area contributed by atoms with E-state index in [-0.39, 0.29) is 29.0 Å². The minimum atomic E-state index is -0.356. The van der Waals surface area contributed by atoms with Gasteiger partial charge in [0.25, 0.3) is 5.91 Å². The normalized spacial score (nSPS) is 25.0. The van der Waals surface area contributed by atoms with Crippen molar-refractivity contribution in [3.63, 3.8) is 0 Å². The van der Waals surface area contributed by atoms with Gasteiger partial charge in [0.15, 0.2) is 0 Å². The van der Waals surface area contributed by atoms with Crippen molar-refractivity contribution in [1.29, 1.82) is 0 Å². The number of ether oxygens (including phenoxy) is 1. The number of benzene rings is 1. The molecule has 1 atom stereocenters. The van der Waals surface area contributed by atoms with Crippen LogP contribution in [0, 0.1) is 17.2 Å². The van der Waals surface area contributed by atoms with Crippen LogP contribution in [0.2, 0.25) is 0 Å². The number of nitrogens with zero attached hydrogens (tertiary/aromatic N) is 2. The van der Waals surface area contributed by atoms with E-state index >= 15 is 0 Å². The molecule has 6 heteroatoms. The summed E-state index contributed by atoms with van der Waals surface area (Å²) in [6.07, 6.45) is 3.74. The smallest absolute Gasteiger partial charge is 0.253 e. The Morgan fingerprint density at radius 2 is 1.69 bits per heavy atom. The van der Waals surface area contributed by atoms with Gasteiger partial charge in [-0.1, -0.05) is 0 Å². The van der Waals surface area contributed by atoms with Crippen molar-refractivity contribution in [2.24, 2.45) is 11.3 Å². The predicted molar refractivity (Wildman–Crippen MR) is 94.1 cm³/mol. The van der Waals surface area contributed by atoms with Crippen LogP contribution in [0.1, 0.15) is 36.0 Å². The highest BCUT2D eigenvalue weighted by Gasteiger charge is 2.52. The topological polar surface area (TPSA) is 49.9 Å². The Kier molecular flexibility index (Phi) is 4.69. The lowest BCUT2D eigenvalue weighted by atomic mass is 9.71. The SMILES string of the molecule is O=C(c1ccc(F)cc1)N1CC(C(=O)N2CCCC2)C2(CCOCC2)C1. The number of likely N-dealkylation sites (tertiary alicyclic amines) is 2. The molecule has 0 radical (unpaired) electrons. The number of hydrogen-bond donors (Lipinski definition) is 0. The van der Waals surface area contributed by atoms with Gasteiger partial charge in [0.05, 0.1) is 5.92 Å². The first-order valence-electron chi connectivity index (χ1n) is 9.50. The summed E-state index contributed by atoms with van der Waals surface area (Å²) in [6.45, 7) is 3.97. The van der Waals surface area contributed by atoms with Crippen LogP contribution < -0.4 is 0 Å². The maximum absolute atomic E-state index is 13.2. The van der Waals surface area contributed by atoms with Crippen LogP contribution in [0.3, 0.4) is 0 Å². The highest BCUT2D eigenvalue weighted by molar-refractivity contribution is 5.95. The Hall–Kier alpha value is -1.95. The fourth-order valence-corrected chi connectivity index (χ4v) is 4.68. The lowest BCUT2D eigenvalue weighted by Gasteiger charge is -2.38. The quantitative estimate of drug-likeness (QED) is 0.813. The second-order valence-electron chi connectivity index (χ2n) is 7.75. The van der Waals surface area contributed by atoms with E-state index in [1.807, 2.05) is 4.90 Å². The molecule has 26 heavy (non-hydrogen) atoms. The Morgan fingerprint density at radius 1 is 1.04 bits per heavy atom. The highest BCUT2D eigenvalue weighted by Crippen LogP contribution is 2.45. The van der Waals surface area contributed by atoms with E-state index in [1.165, 1.54) is 24.3 Å². The van der Waals surface area contributed by atoms with Gasteiger partial charge in [0, 0.05) is 50.4 Å². The maximum atomic E-state index is 13.2. The molecule has 2 amide bonds. The van der Waals surface area contributed by atoms with Gasteiger partial charge in [-0.2, -0.15) is 0 Å². The highest BCUT2D eigenvalue weighted by atomic mass is 19.1. The standard InChI is InChI=1S/C20H25FN2O3/c21-16-5-3-15(4-6-16)18(24)23-13-17(19(25)22-9-1-2-10-22)20(14-23)7-11-26-12-8-20/h3-6,17H,1-2,7-14H2. The molecule has 1 aromatic rings. The molecule has 3 aliphatic rings. The van der Waals surface area contributed by atoms with Gasteiger partial charge in [0.2, 0.25) is 5.91 Å². The summed E-state index contributed by atoms with van der Waals surface area (Å²) in [4.78, 5) is 29.8. The number of halogens is 1. The molecule has 3 saturated heterocycles. The average Bonchev–Trinajstić information content (AvgIpc) is 3.31. The van der Waals surface area contributed by atoms with Gasteiger partial charge in [-0.25, -0.2) is 4.39 Å². The lowest BCUT2D eigenvalue weighted by Crippen LogP contribution is -2.45. The second-order valence-corrected chi connectivity index (χ2v) is 7.75. The second kappa shape index (κ2) is 6.99. The summed E-state index contributed by atoms with van der Waals surface area (Å²) in [5, 5.41) is 0. The minimum Gasteiger partial charge on any atom is -0.381 e. The van der Waals surface area contributed by atoms with E-state index in [1.54, 1.807) is 4.90 Å². The van der Waals surface area contributed by atoms with Crippen LogP contribution in [-0.2, 0) is 9.53 Å². The zero-order chi connectivity index (χ0) is 18.1. The van der Waals surface area contributed by atoms with Crippen LogP contribution in [0.15, 0.2) is 24.3 Å². The molecular formula is C20H25FN2O3. The van der Waals surface area contributed by atoms with E-state index < -0.39 is 0 Å². The third kappa shape index (κ3) is 3.11. The number of carbonyl (C=O) groups excluding carboxylic acids is 2. The van der Waals surface area contributed by atoms with Crippen LogP contribution in [0.25, 0.3) is 0 Å². The molecule has 4 rings (SSSR count). The van der Waals surface area contributed by atoms with Gasteiger partial charge in [-0.3, -0.25) is 9.59 Å². The van der Waals surface area contributed by atoms with Crippen molar-refractivity contribution < 1.29 is 18.7 Å². The van der Waals surface area contributed by atoms with E-state index in [2.05, 4.69) is 0 Å². The first-order valence-corrected chi connectivity index (χ1v) is 9.50. The van der Waals surface area contributed by atoms with Gasteiger partial charge in [-0.15, -0.1) is 0 Å². The predicted octanol–water partition coefficient (Wildman–Crippen LogP) is 2.32. The summed E-state index contributed by atoms with van der Waals surface area (Å²) in [5.74, 6) is -0.439. The molecule has 1 spiro atoms. The summed E-state index contributed by atoms with van der Waals surface area (Å²) >= 11 is 0. The maximum Gasteiger partial charge on any atom is 0.253 e. The molecule has 1 aromatic carbocycles. The van der Waals surface area contributed by atoms with Crippen LogP contribution in [0.4, 0.5) is 4.39 Å². The largest absolute Gasteiger partial charge is 0.381 e. The molecular weight excluding hydrogens is 335 g/mol. The molecule has 0 aliphatic carbocycles. The van der Waals surface area contributed by atoms with Gasteiger partial charge >= 0.3 is 0 Å². The van der Waals surface area contributed by atoms with Crippen molar-refractivity contribution in [2.75, 3.05) is 39.4 Å². The summed E-state index contributed by atoms with van der Waals surface area (Å²) in [7, 11) is 0. The number of hydrogen-bond acceptors (Lipinski definition) is 3. The van der Waals surface area contributed by atoms with Crippen molar-refractivity contribution >= 4 is 11.8 Å². The molecule has 5 nitrogen and oxygen atoms in total. The van der Waals surface area contributed by atoms with Gasteiger partial charge in [0.1, 0.15) is 5.82 Å². The molecule has 140 valence electrons. The van der Waals surface area contributed by atoms with Gasteiger partial charge in [-0.05, 0) is 49.9 Å². The Bertz CT molecular complexity index is 679. The molecule has 0 aromatic heterocycles. The third-order valence-corrected chi connectivity index (χ3v) is 6.23. The van der Waals surface area contributed by atoms with E-state index in [9.17, 15) is 14.0 Å². The summed E-state index contributed by atoms with van der Waals surface area (Å²) in [5.41, 5.74) is 0.288. The van der Waals surface area contributed by atoms with Crippen molar-refractivity contribution in [1.82, 2.24) is 9.80 Å². The molecule has 3 aliphatic heterocycles. The lowest BCUT2D eigenvalue weighted by molar-refractivity contribution is -0.139. The van der Waals surface area contributed by atoms with Crippen LogP contribution in [-0.4, -0.2) is 61.0 Å². The van der Waals surface area contributed by atoms with Crippen molar-refractivity contribution in [3.05, 3.63) is 35.6 Å². The zero-order valence-corrected chi connectivity index (χ0v) is 15.0. The monoisotopic (exact) mass is 360 g/mol. The van der Waals surface area contributed by atoms with E-state index in [0.717, 1.165) is 38.8 Å². The average molecular weight is 360 g/mol. The molecule has 0 N–H and O–H groups in total. The third-order valence-electron chi connectivity index (χ3n) is 6.23. The Labute approximate surface area is 153 Å². The number of rotatable bonds is 2. The van der Waals surface area contributed by atoms with Crippen molar-refractivity contribution in [3.8, 4) is 0 Å². The summed E-state index contributed by atoms with van der Waals surface area (Å²) in [6, 6.07) is 5.65. The van der Waals surface area contributed by atoms with E-state index in [4.69, 9.17) is 4.74 Å². The van der Waals surface area contributed by atoms with Crippen molar-refractivity contribution in [2.45, 2.75) is 25.7 Å². The van der Waals surface area contributed by atoms with Crippen LogP contribution in [0.5, 0.6) is 0 Å². The Balaban J connectivity index is 1.57. The number of carbonyl (C=O) groups is 2. The van der Waals surface area contributed by atoms with E-state index in [0.29, 0.717) is 31.9 Å². The summed E-state index contributed by atoms with van der Waals surface area (Å²) < 4.78 is 18.7. The fourth-order valence-electron chi connectivity index (χ4n) is 4.68. The zero-order valence-electron chi connectivity index (χ0n) is 15.0.